The summed E-state index contributed by atoms with van der Waals surface area (Å²) in [5, 5.41) is 14.4. The fourth-order valence-electron chi connectivity index (χ4n) is 3.27. The topological polar surface area (TPSA) is 168 Å². The van der Waals surface area contributed by atoms with E-state index in [1.54, 1.807) is 13.8 Å². The van der Waals surface area contributed by atoms with Crippen LogP contribution in [0.25, 0.3) is 0 Å². The number of unbranched alkanes of at least 4 members (excludes halogenated alkanes) is 1. The lowest BCUT2D eigenvalue weighted by atomic mass is 10.0. The summed E-state index contributed by atoms with van der Waals surface area (Å²) in [6, 6.07) is -2.56. The van der Waals surface area contributed by atoms with E-state index in [-0.39, 0.29) is 18.4 Å². The van der Waals surface area contributed by atoms with Gasteiger partial charge in [0.1, 0.15) is 18.1 Å². The zero-order chi connectivity index (χ0) is 21.3. The summed E-state index contributed by atoms with van der Waals surface area (Å²) in [4.78, 5) is 50.1. The van der Waals surface area contributed by atoms with Crippen LogP contribution < -0.4 is 22.1 Å². The Morgan fingerprint density at radius 1 is 1.14 bits per heavy atom. The van der Waals surface area contributed by atoms with Gasteiger partial charge in [-0.2, -0.15) is 0 Å². The highest BCUT2D eigenvalue weighted by atomic mass is 16.4. The van der Waals surface area contributed by atoms with Gasteiger partial charge in [-0.15, -0.1) is 0 Å². The zero-order valence-electron chi connectivity index (χ0n) is 16.6. The highest BCUT2D eigenvalue weighted by Crippen LogP contribution is 2.20. The number of carboxylic acid groups (broad SMARTS) is 1. The number of nitrogens with two attached hydrogens (primary N) is 2. The molecule has 0 radical (unpaired) electrons. The van der Waals surface area contributed by atoms with E-state index in [1.807, 2.05) is 0 Å². The lowest BCUT2D eigenvalue weighted by Crippen LogP contribution is -2.56. The summed E-state index contributed by atoms with van der Waals surface area (Å²) in [5.41, 5.74) is 10.8. The Hall–Kier alpha value is -2.20. The normalized spacial score (nSPS) is 18.6. The second-order valence-corrected chi connectivity index (χ2v) is 7.37. The van der Waals surface area contributed by atoms with Crippen LogP contribution in [0.2, 0.25) is 0 Å². The van der Waals surface area contributed by atoms with E-state index in [9.17, 15) is 24.3 Å². The van der Waals surface area contributed by atoms with Crippen molar-refractivity contribution in [2.24, 2.45) is 17.4 Å². The third kappa shape index (κ3) is 6.75. The van der Waals surface area contributed by atoms with Crippen LogP contribution in [0, 0.1) is 5.92 Å². The molecule has 1 aliphatic rings. The highest BCUT2D eigenvalue weighted by molar-refractivity contribution is 5.94. The third-order valence-electron chi connectivity index (χ3n) is 4.83. The molecule has 0 bridgehead atoms. The number of carboxylic acids is 1. The van der Waals surface area contributed by atoms with Crippen LogP contribution >= 0.6 is 0 Å². The first-order chi connectivity index (χ1) is 13.2. The molecule has 0 unspecified atom stereocenters. The number of hydrogen-bond acceptors (Lipinski definition) is 6. The van der Waals surface area contributed by atoms with E-state index in [0.717, 1.165) is 0 Å². The zero-order valence-corrected chi connectivity index (χ0v) is 16.6. The molecule has 1 heterocycles. The molecule has 0 aromatic rings. The van der Waals surface area contributed by atoms with E-state index in [4.69, 9.17) is 11.5 Å². The maximum atomic E-state index is 13.0. The van der Waals surface area contributed by atoms with Crippen molar-refractivity contribution in [3.63, 3.8) is 0 Å². The van der Waals surface area contributed by atoms with E-state index >= 15 is 0 Å². The van der Waals surface area contributed by atoms with Crippen molar-refractivity contribution in [2.75, 3.05) is 19.6 Å². The monoisotopic (exact) mass is 399 g/mol. The predicted molar refractivity (Wildman–Crippen MR) is 103 cm³/mol. The van der Waals surface area contributed by atoms with E-state index in [2.05, 4.69) is 10.6 Å². The molecule has 0 aromatic carbocycles. The average Bonchev–Trinajstić information content (AvgIpc) is 3.13. The number of nitrogens with zero attached hydrogens (tertiary/aromatic N) is 1. The van der Waals surface area contributed by atoms with Gasteiger partial charge in [0, 0.05) is 6.54 Å². The van der Waals surface area contributed by atoms with Crippen LogP contribution in [0.3, 0.4) is 0 Å². The first kappa shape index (κ1) is 23.8. The van der Waals surface area contributed by atoms with E-state index in [0.29, 0.717) is 45.2 Å². The van der Waals surface area contributed by atoms with Crippen LogP contribution in [-0.2, 0) is 19.2 Å². The van der Waals surface area contributed by atoms with Gasteiger partial charge in [-0.1, -0.05) is 13.8 Å². The highest BCUT2D eigenvalue weighted by Gasteiger charge is 2.38. The minimum atomic E-state index is -1.12. The minimum Gasteiger partial charge on any atom is -0.480 e. The number of rotatable bonds is 11. The van der Waals surface area contributed by atoms with Crippen molar-refractivity contribution in [1.82, 2.24) is 15.5 Å². The number of likely N-dealkylation sites (tertiary alicyclic amines) is 1. The van der Waals surface area contributed by atoms with Crippen LogP contribution in [-0.4, -0.2) is 71.5 Å². The van der Waals surface area contributed by atoms with Gasteiger partial charge in [-0.05, 0) is 44.6 Å². The fraction of sp³-hybridized carbons (Fsp3) is 0.778. The van der Waals surface area contributed by atoms with Gasteiger partial charge in [0.05, 0.1) is 6.54 Å². The van der Waals surface area contributed by atoms with Crippen molar-refractivity contribution in [1.29, 1.82) is 0 Å². The fourth-order valence-corrected chi connectivity index (χ4v) is 3.27. The van der Waals surface area contributed by atoms with Crippen molar-refractivity contribution in [3.8, 4) is 0 Å². The summed E-state index contributed by atoms with van der Waals surface area (Å²) < 4.78 is 0. The SMILES string of the molecule is CC(C)[C@H](NC(=O)[C@@H]1CCCN1C(=O)[C@H](CCCCN)NC(=O)CN)C(=O)O. The van der Waals surface area contributed by atoms with Crippen molar-refractivity contribution in [3.05, 3.63) is 0 Å². The molecule has 1 aliphatic heterocycles. The molecule has 7 N–H and O–H groups in total. The van der Waals surface area contributed by atoms with Gasteiger partial charge in [0.15, 0.2) is 0 Å². The molecule has 28 heavy (non-hydrogen) atoms. The summed E-state index contributed by atoms with van der Waals surface area (Å²) in [6.45, 7) is 4.02. The van der Waals surface area contributed by atoms with Crippen LogP contribution in [0.15, 0.2) is 0 Å². The maximum absolute atomic E-state index is 13.0. The third-order valence-corrected chi connectivity index (χ3v) is 4.83. The van der Waals surface area contributed by atoms with Crippen molar-refractivity contribution in [2.45, 2.75) is 64.1 Å². The largest absolute Gasteiger partial charge is 0.480 e. The van der Waals surface area contributed by atoms with Gasteiger partial charge in [-0.25, -0.2) is 4.79 Å². The second-order valence-electron chi connectivity index (χ2n) is 7.37. The lowest BCUT2D eigenvalue weighted by molar-refractivity contribution is -0.145. The molecule has 0 saturated carbocycles. The number of hydrogen-bond donors (Lipinski definition) is 5. The molecule has 1 rings (SSSR count). The molecule has 0 aliphatic carbocycles. The van der Waals surface area contributed by atoms with Crippen LogP contribution in [0.5, 0.6) is 0 Å². The van der Waals surface area contributed by atoms with Gasteiger partial charge in [0.2, 0.25) is 17.7 Å². The Morgan fingerprint density at radius 2 is 1.82 bits per heavy atom. The predicted octanol–water partition coefficient (Wildman–Crippen LogP) is -1.22. The van der Waals surface area contributed by atoms with E-state index in [1.165, 1.54) is 4.90 Å². The summed E-state index contributed by atoms with van der Waals surface area (Å²) in [7, 11) is 0. The summed E-state index contributed by atoms with van der Waals surface area (Å²) in [6.07, 6.45) is 2.83. The number of carbonyl (C=O) groups is 4. The summed E-state index contributed by atoms with van der Waals surface area (Å²) >= 11 is 0. The first-order valence-electron chi connectivity index (χ1n) is 9.76. The number of nitrogens with one attached hydrogen (secondary N) is 2. The van der Waals surface area contributed by atoms with Crippen LogP contribution in [0.1, 0.15) is 46.0 Å². The van der Waals surface area contributed by atoms with Crippen molar-refractivity contribution >= 4 is 23.7 Å². The van der Waals surface area contributed by atoms with E-state index < -0.39 is 35.9 Å². The Bertz CT molecular complexity index is 569. The van der Waals surface area contributed by atoms with Gasteiger partial charge >= 0.3 is 5.97 Å². The molecule has 0 aromatic heterocycles. The Morgan fingerprint density at radius 3 is 2.36 bits per heavy atom. The second kappa shape index (κ2) is 11.6. The molecule has 160 valence electrons. The number of amides is 3. The molecule has 0 spiro atoms. The molecular weight excluding hydrogens is 366 g/mol. The van der Waals surface area contributed by atoms with Gasteiger partial charge in [-0.3, -0.25) is 14.4 Å². The quantitative estimate of drug-likeness (QED) is 0.271. The Labute approximate surface area is 165 Å². The minimum absolute atomic E-state index is 0.237. The van der Waals surface area contributed by atoms with Gasteiger partial charge in [0.25, 0.3) is 0 Å². The number of carbonyl (C=O) groups excluding carboxylic acids is 3. The average molecular weight is 399 g/mol. The maximum Gasteiger partial charge on any atom is 0.326 e. The standard InChI is InChI=1S/C18H33N5O5/c1-11(2)15(18(27)28)22-16(25)13-7-5-9-23(13)17(26)12(6-3-4-8-19)21-14(24)10-20/h11-13,15H,3-10,19-20H2,1-2H3,(H,21,24)(H,22,25)(H,27,28)/t12-,13-,15-/m0/s1. The Balaban J connectivity index is 2.87. The van der Waals surface area contributed by atoms with Gasteiger partial charge < -0.3 is 32.1 Å². The molecule has 1 fully saturated rings. The van der Waals surface area contributed by atoms with Crippen molar-refractivity contribution < 1.29 is 24.3 Å². The lowest BCUT2D eigenvalue weighted by Gasteiger charge is -2.30. The molecule has 3 amide bonds. The molecule has 3 atom stereocenters. The smallest absolute Gasteiger partial charge is 0.326 e. The molecule has 10 heteroatoms. The molecule has 1 saturated heterocycles. The number of aliphatic carboxylic acids is 1. The summed E-state index contributed by atoms with van der Waals surface area (Å²) in [5.74, 6) is -2.70. The van der Waals surface area contributed by atoms with Crippen LogP contribution in [0.4, 0.5) is 0 Å². The Kier molecular flexibility index (Phi) is 9.88. The first-order valence-corrected chi connectivity index (χ1v) is 9.76. The molecular formula is C18H33N5O5. The molecule has 10 nitrogen and oxygen atoms in total.